The summed E-state index contributed by atoms with van der Waals surface area (Å²) >= 11 is 0. The van der Waals surface area contributed by atoms with Gasteiger partial charge in [0.15, 0.2) is 9.84 Å². The first-order valence-electron chi connectivity index (χ1n) is 8.09. The Labute approximate surface area is 152 Å². The van der Waals surface area contributed by atoms with Gasteiger partial charge in [-0.15, -0.1) is 0 Å². The number of anilines is 1. The maximum atomic E-state index is 12.8. The number of hydrogen-bond donors (Lipinski definition) is 0. The van der Waals surface area contributed by atoms with E-state index in [0.717, 1.165) is 6.26 Å². The summed E-state index contributed by atoms with van der Waals surface area (Å²) in [5.41, 5.74) is 0.329. The van der Waals surface area contributed by atoms with Crippen molar-refractivity contribution in [3.05, 3.63) is 42.2 Å². The van der Waals surface area contributed by atoms with Gasteiger partial charge in [0.1, 0.15) is 10.6 Å². The quantitative estimate of drug-likeness (QED) is 0.781. The van der Waals surface area contributed by atoms with E-state index in [1.165, 1.54) is 19.2 Å². The van der Waals surface area contributed by atoms with Crippen molar-refractivity contribution in [1.29, 1.82) is 0 Å². The Kier molecular flexibility index (Phi) is 5.08. The number of carbonyl (C=O) groups excluding carboxylic acids is 1. The van der Waals surface area contributed by atoms with Crippen LogP contribution in [0.2, 0.25) is 0 Å². The number of rotatable bonds is 4. The lowest BCUT2D eigenvalue weighted by Crippen LogP contribution is -2.49. The number of carbonyl (C=O) groups is 1. The highest BCUT2D eigenvalue weighted by atomic mass is 32.2. The number of sulfone groups is 1. The van der Waals surface area contributed by atoms with Crippen molar-refractivity contribution in [2.24, 2.45) is 0 Å². The molecule has 1 aliphatic heterocycles. The van der Waals surface area contributed by atoms with Crippen molar-refractivity contribution in [2.75, 3.05) is 44.4 Å². The first-order valence-corrected chi connectivity index (χ1v) is 9.98. The van der Waals surface area contributed by atoms with Crippen LogP contribution in [-0.2, 0) is 9.84 Å². The molecule has 0 unspecified atom stereocenters. The minimum atomic E-state index is -3.50. The highest BCUT2D eigenvalue weighted by Crippen LogP contribution is 2.25. The fourth-order valence-corrected chi connectivity index (χ4v) is 3.70. The number of aromatic nitrogens is 2. The molecule has 0 aliphatic carbocycles. The highest BCUT2D eigenvalue weighted by Gasteiger charge is 2.25. The average Bonchev–Trinajstić information content (AvgIpc) is 2.67. The summed E-state index contributed by atoms with van der Waals surface area (Å²) in [6.07, 6.45) is 4.46. The molecule has 0 spiro atoms. The van der Waals surface area contributed by atoms with Crippen LogP contribution in [0.1, 0.15) is 10.4 Å². The molecule has 1 saturated heterocycles. The molecule has 0 saturated carbocycles. The second-order valence-electron chi connectivity index (χ2n) is 5.97. The van der Waals surface area contributed by atoms with Crippen molar-refractivity contribution < 1.29 is 17.9 Å². The molecule has 1 aliphatic rings. The maximum absolute atomic E-state index is 12.8. The first kappa shape index (κ1) is 18.1. The molecule has 138 valence electrons. The molecule has 1 aromatic heterocycles. The van der Waals surface area contributed by atoms with Crippen molar-refractivity contribution in [3.63, 3.8) is 0 Å². The second-order valence-corrected chi connectivity index (χ2v) is 7.95. The fourth-order valence-electron chi connectivity index (χ4n) is 2.85. The molecular formula is C17H20N4O4S. The van der Waals surface area contributed by atoms with E-state index in [-0.39, 0.29) is 16.6 Å². The van der Waals surface area contributed by atoms with E-state index in [2.05, 4.69) is 9.97 Å². The lowest BCUT2D eigenvalue weighted by atomic mass is 10.1. The number of hydrogen-bond acceptors (Lipinski definition) is 7. The molecule has 2 aromatic rings. The average molecular weight is 376 g/mol. The summed E-state index contributed by atoms with van der Waals surface area (Å²) in [6, 6.07) is 6.23. The molecular weight excluding hydrogens is 356 g/mol. The fraction of sp³-hybridized carbons (Fsp3) is 0.353. The minimum absolute atomic E-state index is 0.0159. The Morgan fingerprint density at radius 3 is 2.35 bits per heavy atom. The molecule has 1 aromatic carbocycles. The molecule has 1 fully saturated rings. The maximum Gasteiger partial charge on any atom is 0.254 e. The molecule has 0 radical (unpaired) electrons. The van der Waals surface area contributed by atoms with Crippen LogP contribution in [-0.4, -0.2) is 68.7 Å². The van der Waals surface area contributed by atoms with Crippen molar-refractivity contribution >= 4 is 21.7 Å². The van der Waals surface area contributed by atoms with Crippen LogP contribution in [0.3, 0.4) is 0 Å². The predicted molar refractivity (Wildman–Crippen MR) is 96.3 cm³/mol. The van der Waals surface area contributed by atoms with Crippen LogP contribution in [0, 0.1) is 0 Å². The smallest absolute Gasteiger partial charge is 0.254 e. The minimum Gasteiger partial charge on any atom is -0.495 e. The Hall–Kier alpha value is -2.68. The Morgan fingerprint density at radius 2 is 1.77 bits per heavy atom. The molecule has 0 bridgehead atoms. The zero-order valence-electron chi connectivity index (χ0n) is 14.6. The van der Waals surface area contributed by atoms with Gasteiger partial charge in [0.25, 0.3) is 5.91 Å². The number of ether oxygens (including phenoxy) is 1. The van der Waals surface area contributed by atoms with E-state index in [0.29, 0.717) is 37.7 Å². The summed E-state index contributed by atoms with van der Waals surface area (Å²) in [7, 11) is -2.10. The molecule has 9 heteroatoms. The van der Waals surface area contributed by atoms with Crippen LogP contribution >= 0.6 is 0 Å². The third-order valence-corrected chi connectivity index (χ3v) is 5.33. The van der Waals surface area contributed by atoms with Gasteiger partial charge < -0.3 is 14.5 Å². The molecule has 0 atom stereocenters. The van der Waals surface area contributed by atoms with Gasteiger partial charge in [-0.3, -0.25) is 4.79 Å². The van der Waals surface area contributed by atoms with E-state index in [9.17, 15) is 13.2 Å². The molecule has 3 rings (SSSR count). The van der Waals surface area contributed by atoms with Gasteiger partial charge in [-0.05, 0) is 24.3 Å². The second kappa shape index (κ2) is 7.28. The van der Waals surface area contributed by atoms with E-state index >= 15 is 0 Å². The van der Waals surface area contributed by atoms with Crippen LogP contribution in [0.15, 0.2) is 41.6 Å². The standard InChI is InChI=1S/C17H20N4O4S/c1-25-14-5-4-13(12-15(14)26(2,23)24)16(22)20-8-10-21(11-9-20)17-18-6-3-7-19-17/h3-7,12H,8-11H2,1-2H3. The Morgan fingerprint density at radius 1 is 1.12 bits per heavy atom. The number of benzene rings is 1. The number of methoxy groups -OCH3 is 1. The molecule has 0 N–H and O–H groups in total. The molecule has 8 nitrogen and oxygen atoms in total. The van der Waals surface area contributed by atoms with E-state index in [4.69, 9.17) is 4.74 Å². The van der Waals surface area contributed by atoms with Gasteiger partial charge in [-0.2, -0.15) is 0 Å². The Balaban J connectivity index is 1.75. The number of amides is 1. The zero-order chi connectivity index (χ0) is 18.7. The van der Waals surface area contributed by atoms with Crippen molar-refractivity contribution in [2.45, 2.75) is 4.90 Å². The molecule has 1 amide bonds. The van der Waals surface area contributed by atoms with Gasteiger partial charge in [0, 0.05) is 50.4 Å². The topological polar surface area (TPSA) is 92.7 Å². The van der Waals surface area contributed by atoms with Gasteiger partial charge in [-0.25, -0.2) is 18.4 Å². The lowest BCUT2D eigenvalue weighted by molar-refractivity contribution is 0.0746. The van der Waals surface area contributed by atoms with Crippen LogP contribution in [0.5, 0.6) is 5.75 Å². The van der Waals surface area contributed by atoms with E-state index in [1.807, 2.05) is 4.90 Å². The highest BCUT2D eigenvalue weighted by molar-refractivity contribution is 7.90. The van der Waals surface area contributed by atoms with E-state index < -0.39 is 9.84 Å². The van der Waals surface area contributed by atoms with Gasteiger partial charge >= 0.3 is 0 Å². The van der Waals surface area contributed by atoms with Crippen LogP contribution in [0.4, 0.5) is 5.95 Å². The lowest BCUT2D eigenvalue weighted by Gasteiger charge is -2.34. The summed E-state index contributed by atoms with van der Waals surface area (Å²) in [4.78, 5) is 24.9. The monoisotopic (exact) mass is 376 g/mol. The molecule has 2 heterocycles. The summed E-state index contributed by atoms with van der Waals surface area (Å²) in [5, 5.41) is 0. The van der Waals surface area contributed by atoms with Gasteiger partial charge in [0.2, 0.25) is 5.95 Å². The largest absolute Gasteiger partial charge is 0.495 e. The third-order valence-electron chi connectivity index (χ3n) is 4.21. The third kappa shape index (κ3) is 3.77. The summed E-state index contributed by atoms with van der Waals surface area (Å²) in [6.45, 7) is 2.25. The predicted octanol–water partition coefficient (Wildman–Crippen LogP) is 0.851. The van der Waals surface area contributed by atoms with Crippen LogP contribution < -0.4 is 9.64 Å². The number of piperazine rings is 1. The normalized spacial score (nSPS) is 15.0. The molecule has 26 heavy (non-hydrogen) atoms. The van der Waals surface area contributed by atoms with Crippen LogP contribution in [0.25, 0.3) is 0 Å². The number of nitrogens with zero attached hydrogens (tertiary/aromatic N) is 4. The van der Waals surface area contributed by atoms with Crippen molar-refractivity contribution in [1.82, 2.24) is 14.9 Å². The Bertz CT molecular complexity index is 894. The zero-order valence-corrected chi connectivity index (χ0v) is 15.4. The summed E-state index contributed by atoms with van der Waals surface area (Å²) in [5.74, 6) is 0.671. The van der Waals surface area contributed by atoms with Gasteiger partial charge in [-0.1, -0.05) is 0 Å². The van der Waals surface area contributed by atoms with Gasteiger partial charge in [0.05, 0.1) is 7.11 Å². The first-order chi connectivity index (χ1) is 12.4. The van der Waals surface area contributed by atoms with E-state index in [1.54, 1.807) is 29.4 Å². The van der Waals surface area contributed by atoms with Crippen molar-refractivity contribution in [3.8, 4) is 5.75 Å². The SMILES string of the molecule is COc1ccc(C(=O)N2CCN(c3ncccn3)CC2)cc1S(C)(=O)=O. The summed E-state index contributed by atoms with van der Waals surface area (Å²) < 4.78 is 29.0.